The minimum atomic E-state index is -0.347. The van der Waals surface area contributed by atoms with E-state index in [0.29, 0.717) is 13.0 Å². The van der Waals surface area contributed by atoms with Crippen molar-refractivity contribution in [2.24, 2.45) is 0 Å². The van der Waals surface area contributed by atoms with Gasteiger partial charge in [0, 0.05) is 6.92 Å². The second-order valence-electron chi connectivity index (χ2n) is 3.80. The van der Waals surface area contributed by atoms with Crippen molar-refractivity contribution < 1.29 is 19.1 Å². The standard InChI is InChI=1S/C12H22O4/c1-4-6-8-15-12(14)9-11(7-5-2)16-10(3)13/h11H,4-9H2,1-3H3. The van der Waals surface area contributed by atoms with Crippen LogP contribution in [0.15, 0.2) is 0 Å². The molecule has 1 atom stereocenters. The molecule has 0 N–H and O–H groups in total. The van der Waals surface area contributed by atoms with E-state index in [0.717, 1.165) is 19.3 Å². The molecule has 0 aromatic heterocycles. The van der Waals surface area contributed by atoms with Crippen LogP contribution in [0.5, 0.6) is 0 Å². The average molecular weight is 230 g/mol. The Morgan fingerprint density at radius 1 is 1.19 bits per heavy atom. The van der Waals surface area contributed by atoms with E-state index in [9.17, 15) is 9.59 Å². The van der Waals surface area contributed by atoms with Gasteiger partial charge < -0.3 is 9.47 Å². The summed E-state index contributed by atoms with van der Waals surface area (Å²) in [6.07, 6.45) is 3.27. The molecule has 0 amide bonds. The molecule has 1 unspecified atom stereocenters. The number of carbonyl (C=O) groups is 2. The van der Waals surface area contributed by atoms with E-state index in [1.54, 1.807) is 0 Å². The van der Waals surface area contributed by atoms with E-state index in [2.05, 4.69) is 0 Å². The molecule has 0 radical (unpaired) electrons. The minimum absolute atomic E-state index is 0.164. The smallest absolute Gasteiger partial charge is 0.309 e. The van der Waals surface area contributed by atoms with Crippen molar-refractivity contribution in [3.63, 3.8) is 0 Å². The van der Waals surface area contributed by atoms with E-state index in [-0.39, 0.29) is 24.5 Å². The van der Waals surface area contributed by atoms with Crippen molar-refractivity contribution in [2.75, 3.05) is 6.61 Å². The number of esters is 2. The third-order valence-electron chi connectivity index (χ3n) is 2.10. The van der Waals surface area contributed by atoms with Gasteiger partial charge in [0.05, 0.1) is 13.0 Å². The molecule has 0 aliphatic heterocycles. The maximum absolute atomic E-state index is 11.4. The fourth-order valence-electron chi connectivity index (χ4n) is 1.33. The Hall–Kier alpha value is -1.06. The number of unbranched alkanes of at least 4 members (excludes halogenated alkanes) is 1. The van der Waals surface area contributed by atoms with Gasteiger partial charge in [0.1, 0.15) is 6.10 Å². The first-order valence-corrected chi connectivity index (χ1v) is 5.93. The van der Waals surface area contributed by atoms with Crippen LogP contribution in [0, 0.1) is 0 Å². The molecule has 0 saturated carbocycles. The topological polar surface area (TPSA) is 52.6 Å². The van der Waals surface area contributed by atoms with Crippen LogP contribution in [0.4, 0.5) is 0 Å². The first-order valence-electron chi connectivity index (χ1n) is 5.93. The summed E-state index contributed by atoms with van der Waals surface area (Å²) in [6, 6.07) is 0. The summed E-state index contributed by atoms with van der Waals surface area (Å²) in [6.45, 7) is 5.82. The van der Waals surface area contributed by atoms with E-state index < -0.39 is 0 Å². The zero-order valence-corrected chi connectivity index (χ0v) is 10.5. The number of carbonyl (C=O) groups excluding carboxylic acids is 2. The van der Waals surface area contributed by atoms with Crippen LogP contribution in [0.25, 0.3) is 0 Å². The molecule has 4 heteroatoms. The summed E-state index contributed by atoms with van der Waals surface area (Å²) in [7, 11) is 0. The number of hydrogen-bond donors (Lipinski definition) is 0. The fourth-order valence-corrected chi connectivity index (χ4v) is 1.33. The van der Waals surface area contributed by atoms with Gasteiger partial charge in [-0.1, -0.05) is 26.7 Å². The number of rotatable bonds is 8. The Morgan fingerprint density at radius 2 is 1.88 bits per heavy atom. The molecule has 0 heterocycles. The highest BCUT2D eigenvalue weighted by Gasteiger charge is 2.16. The van der Waals surface area contributed by atoms with Crippen LogP contribution in [-0.4, -0.2) is 24.6 Å². The summed E-state index contributed by atoms with van der Waals surface area (Å²) in [5, 5.41) is 0. The lowest BCUT2D eigenvalue weighted by atomic mass is 10.1. The van der Waals surface area contributed by atoms with Crippen molar-refractivity contribution in [1.82, 2.24) is 0 Å². The third kappa shape index (κ3) is 8.26. The van der Waals surface area contributed by atoms with Gasteiger partial charge >= 0.3 is 11.9 Å². The Bertz CT molecular complexity index is 213. The fraction of sp³-hybridized carbons (Fsp3) is 0.833. The van der Waals surface area contributed by atoms with Crippen molar-refractivity contribution in [3.05, 3.63) is 0 Å². The molecule has 0 rings (SSSR count). The first kappa shape index (κ1) is 14.9. The largest absolute Gasteiger partial charge is 0.466 e. The van der Waals surface area contributed by atoms with Crippen LogP contribution in [-0.2, 0) is 19.1 Å². The van der Waals surface area contributed by atoms with Crippen molar-refractivity contribution in [3.8, 4) is 0 Å². The molecule has 94 valence electrons. The van der Waals surface area contributed by atoms with E-state index in [1.807, 2.05) is 13.8 Å². The maximum Gasteiger partial charge on any atom is 0.309 e. The predicted octanol–water partition coefficient (Wildman–Crippen LogP) is 2.45. The van der Waals surface area contributed by atoms with Crippen LogP contribution < -0.4 is 0 Å². The predicted molar refractivity (Wildman–Crippen MR) is 60.9 cm³/mol. The first-order chi connectivity index (χ1) is 7.60. The van der Waals surface area contributed by atoms with Gasteiger partial charge in [-0.25, -0.2) is 0 Å². The molecular weight excluding hydrogens is 208 g/mol. The summed E-state index contributed by atoms with van der Waals surface area (Å²) < 4.78 is 10.0. The van der Waals surface area contributed by atoms with E-state index in [1.165, 1.54) is 6.92 Å². The van der Waals surface area contributed by atoms with Gasteiger partial charge in [-0.3, -0.25) is 9.59 Å². The molecule has 4 nitrogen and oxygen atoms in total. The van der Waals surface area contributed by atoms with Crippen molar-refractivity contribution in [2.45, 2.75) is 59.0 Å². The average Bonchev–Trinajstić information content (AvgIpc) is 2.17. The molecule has 0 bridgehead atoms. The van der Waals surface area contributed by atoms with Crippen molar-refractivity contribution >= 4 is 11.9 Å². The molecule has 0 aromatic carbocycles. The van der Waals surface area contributed by atoms with Crippen LogP contribution in [0.3, 0.4) is 0 Å². The highest BCUT2D eigenvalue weighted by atomic mass is 16.6. The highest BCUT2D eigenvalue weighted by molar-refractivity contribution is 5.71. The van der Waals surface area contributed by atoms with Crippen LogP contribution >= 0.6 is 0 Å². The third-order valence-corrected chi connectivity index (χ3v) is 2.10. The number of hydrogen-bond acceptors (Lipinski definition) is 4. The summed E-state index contributed by atoms with van der Waals surface area (Å²) in [5.41, 5.74) is 0. The summed E-state index contributed by atoms with van der Waals surface area (Å²) >= 11 is 0. The highest BCUT2D eigenvalue weighted by Crippen LogP contribution is 2.08. The normalized spacial score (nSPS) is 11.9. The number of ether oxygens (including phenoxy) is 2. The SMILES string of the molecule is CCCCOC(=O)CC(CCC)OC(C)=O. The molecular formula is C12H22O4. The molecule has 0 spiro atoms. The Labute approximate surface area is 97.3 Å². The lowest BCUT2D eigenvalue weighted by Gasteiger charge is -2.15. The Kier molecular flexibility index (Phi) is 8.58. The maximum atomic E-state index is 11.4. The van der Waals surface area contributed by atoms with Crippen LogP contribution in [0.2, 0.25) is 0 Å². The quantitative estimate of drug-likeness (QED) is 0.475. The summed E-state index contributed by atoms with van der Waals surface area (Å²) in [4.78, 5) is 22.2. The molecule has 0 aliphatic carbocycles. The van der Waals surface area contributed by atoms with E-state index in [4.69, 9.17) is 9.47 Å². The minimum Gasteiger partial charge on any atom is -0.466 e. The van der Waals surface area contributed by atoms with Gasteiger partial charge in [0.15, 0.2) is 0 Å². The van der Waals surface area contributed by atoms with E-state index >= 15 is 0 Å². The van der Waals surface area contributed by atoms with Crippen LogP contribution in [0.1, 0.15) is 52.9 Å². The second-order valence-corrected chi connectivity index (χ2v) is 3.80. The van der Waals surface area contributed by atoms with Gasteiger partial charge in [0.2, 0.25) is 0 Å². The zero-order valence-electron chi connectivity index (χ0n) is 10.5. The lowest BCUT2D eigenvalue weighted by Crippen LogP contribution is -2.21. The second kappa shape index (κ2) is 9.19. The molecule has 16 heavy (non-hydrogen) atoms. The Morgan fingerprint density at radius 3 is 2.38 bits per heavy atom. The molecule has 0 fully saturated rings. The zero-order chi connectivity index (χ0) is 12.4. The van der Waals surface area contributed by atoms with Gasteiger partial charge in [-0.05, 0) is 12.8 Å². The lowest BCUT2D eigenvalue weighted by molar-refractivity contribution is -0.153. The molecule has 0 saturated heterocycles. The van der Waals surface area contributed by atoms with Gasteiger partial charge in [0.25, 0.3) is 0 Å². The monoisotopic (exact) mass is 230 g/mol. The summed E-state index contributed by atoms with van der Waals surface area (Å²) in [5.74, 6) is -0.632. The van der Waals surface area contributed by atoms with Gasteiger partial charge in [-0.2, -0.15) is 0 Å². The molecule has 0 aliphatic rings. The van der Waals surface area contributed by atoms with Crippen molar-refractivity contribution in [1.29, 1.82) is 0 Å². The molecule has 0 aromatic rings. The van der Waals surface area contributed by atoms with Gasteiger partial charge in [-0.15, -0.1) is 0 Å². The Balaban J connectivity index is 3.87.